The molecular weight excluding hydrogens is 372 g/mol. The topological polar surface area (TPSA) is 89.9 Å². The van der Waals surface area contributed by atoms with Crippen LogP contribution in [0.15, 0.2) is 12.2 Å². The number of ether oxygens (including phenoxy) is 2. The van der Waals surface area contributed by atoms with Crippen LogP contribution in [-0.2, 0) is 23.9 Å². The summed E-state index contributed by atoms with van der Waals surface area (Å²) in [6.45, 7) is 9.53. The highest BCUT2D eigenvalue weighted by Gasteiger charge is 2.59. The van der Waals surface area contributed by atoms with E-state index in [2.05, 4.69) is 12.2 Å². The van der Waals surface area contributed by atoms with Gasteiger partial charge in [-0.05, 0) is 50.4 Å². The predicted molar refractivity (Wildman–Crippen MR) is 109 cm³/mol. The van der Waals surface area contributed by atoms with Gasteiger partial charge < -0.3 is 14.6 Å². The van der Waals surface area contributed by atoms with Gasteiger partial charge in [-0.2, -0.15) is 0 Å². The number of carbonyl (C=O) groups is 3. The van der Waals surface area contributed by atoms with Crippen LogP contribution in [0.3, 0.4) is 0 Å². The molecule has 164 valence electrons. The lowest BCUT2D eigenvalue weighted by molar-refractivity contribution is -0.207. The molecule has 1 fully saturated rings. The number of carboxylic acids is 1. The van der Waals surface area contributed by atoms with Crippen LogP contribution in [-0.4, -0.2) is 34.2 Å². The molecule has 0 aromatic rings. The average Bonchev–Trinajstić information content (AvgIpc) is 2.70. The van der Waals surface area contributed by atoms with E-state index in [0.29, 0.717) is 25.7 Å². The second kappa shape index (κ2) is 9.31. The molecule has 0 spiro atoms. The van der Waals surface area contributed by atoms with E-state index in [9.17, 15) is 14.4 Å². The Kier molecular flexibility index (Phi) is 7.52. The van der Waals surface area contributed by atoms with Crippen molar-refractivity contribution in [1.82, 2.24) is 0 Å². The van der Waals surface area contributed by atoms with Crippen molar-refractivity contribution in [2.24, 2.45) is 23.7 Å². The first kappa shape index (κ1) is 23.4. The maximum Gasteiger partial charge on any atom is 0.317 e. The Morgan fingerprint density at radius 2 is 1.28 bits per heavy atom. The number of rotatable bonds is 10. The van der Waals surface area contributed by atoms with Gasteiger partial charge in [0.15, 0.2) is 0 Å². The highest BCUT2D eigenvalue weighted by molar-refractivity contribution is 5.90. The highest BCUT2D eigenvalue weighted by Crippen LogP contribution is 2.57. The molecule has 0 saturated heterocycles. The third-order valence-corrected chi connectivity index (χ3v) is 7.32. The zero-order valence-electron chi connectivity index (χ0n) is 18.4. The van der Waals surface area contributed by atoms with Crippen LogP contribution in [0, 0.1) is 23.7 Å². The summed E-state index contributed by atoms with van der Waals surface area (Å²) in [4.78, 5) is 35.5. The van der Waals surface area contributed by atoms with E-state index in [-0.39, 0.29) is 29.6 Å². The Bertz CT molecular complexity index is 644. The van der Waals surface area contributed by atoms with Crippen molar-refractivity contribution >= 4 is 17.9 Å². The fourth-order valence-corrected chi connectivity index (χ4v) is 5.97. The number of hydrogen-bond acceptors (Lipinski definition) is 5. The average molecular weight is 409 g/mol. The Balaban J connectivity index is 2.54. The number of hydrogen-bond donors (Lipinski definition) is 1. The lowest BCUT2D eigenvalue weighted by Gasteiger charge is -2.58. The molecule has 0 aromatic heterocycles. The standard InChI is InChI=1S/C23H36O6/c1-6-22(7-2,28-15(5)24)20-16-10-12-17(13-11-16)21(20)23(8-3,9-4)29-19(27)14-18(25)26/h10,12,16-17,20-21H,6-9,11,13-14H2,1-5H3,(H,25,26). The lowest BCUT2D eigenvalue weighted by Crippen LogP contribution is -2.60. The van der Waals surface area contributed by atoms with Crippen molar-refractivity contribution in [3.63, 3.8) is 0 Å². The fourth-order valence-electron chi connectivity index (χ4n) is 5.97. The summed E-state index contributed by atoms with van der Waals surface area (Å²) in [6.07, 6.45) is 8.43. The first-order valence-corrected chi connectivity index (χ1v) is 11.0. The van der Waals surface area contributed by atoms with Crippen molar-refractivity contribution in [2.45, 2.75) is 90.8 Å². The molecule has 2 bridgehead atoms. The van der Waals surface area contributed by atoms with Gasteiger partial charge in [0, 0.05) is 18.8 Å². The summed E-state index contributed by atoms with van der Waals surface area (Å²) >= 11 is 0. The number of carboxylic acid groups (broad SMARTS) is 1. The molecule has 3 aliphatic rings. The van der Waals surface area contributed by atoms with Crippen LogP contribution < -0.4 is 0 Å². The summed E-state index contributed by atoms with van der Waals surface area (Å²) in [5, 5.41) is 9.03. The van der Waals surface area contributed by atoms with Gasteiger partial charge in [0.05, 0.1) is 0 Å². The van der Waals surface area contributed by atoms with E-state index in [1.807, 2.05) is 27.7 Å². The van der Waals surface area contributed by atoms with Crippen LogP contribution in [0.1, 0.15) is 79.6 Å². The third-order valence-electron chi connectivity index (χ3n) is 7.32. The van der Waals surface area contributed by atoms with Crippen molar-refractivity contribution < 1.29 is 29.0 Å². The molecule has 1 saturated carbocycles. The normalized spacial score (nSPS) is 26.2. The van der Waals surface area contributed by atoms with E-state index in [1.54, 1.807) is 0 Å². The Morgan fingerprint density at radius 1 is 0.862 bits per heavy atom. The summed E-state index contributed by atoms with van der Waals surface area (Å²) in [5.74, 6) is -1.69. The van der Waals surface area contributed by atoms with Crippen LogP contribution >= 0.6 is 0 Å². The van der Waals surface area contributed by atoms with Crippen LogP contribution in [0.5, 0.6) is 0 Å². The maximum atomic E-state index is 12.4. The van der Waals surface area contributed by atoms with Crippen molar-refractivity contribution in [1.29, 1.82) is 0 Å². The van der Waals surface area contributed by atoms with E-state index < -0.39 is 29.6 Å². The molecule has 6 nitrogen and oxygen atoms in total. The predicted octanol–water partition coefficient (Wildman–Crippen LogP) is 4.51. The molecule has 0 aliphatic heterocycles. The highest BCUT2D eigenvalue weighted by atomic mass is 16.6. The molecule has 29 heavy (non-hydrogen) atoms. The number of carbonyl (C=O) groups excluding carboxylic acids is 2. The molecule has 0 aromatic carbocycles. The van der Waals surface area contributed by atoms with Gasteiger partial charge in [-0.1, -0.05) is 39.8 Å². The van der Waals surface area contributed by atoms with E-state index in [1.165, 1.54) is 6.92 Å². The minimum absolute atomic E-state index is 0.0155. The van der Waals surface area contributed by atoms with Crippen molar-refractivity contribution in [2.75, 3.05) is 0 Å². The van der Waals surface area contributed by atoms with Gasteiger partial charge in [-0.25, -0.2) is 0 Å². The first-order valence-electron chi connectivity index (χ1n) is 11.0. The largest absolute Gasteiger partial charge is 0.481 e. The molecule has 3 aliphatic carbocycles. The van der Waals surface area contributed by atoms with Gasteiger partial charge in [0.25, 0.3) is 0 Å². The minimum Gasteiger partial charge on any atom is -0.481 e. The van der Waals surface area contributed by atoms with Crippen LogP contribution in [0.25, 0.3) is 0 Å². The Labute approximate surface area is 174 Å². The minimum atomic E-state index is -1.19. The zero-order valence-corrected chi connectivity index (χ0v) is 18.4. The number of fused-ring (bicyclic) bond motifs is 2. The molecule has 0 amide bonds. The first-order chi connectivity index (χ1) is 13.7. The van der Waals surface area contributed by atoms with E-state index in [0.717, 1.165) is 12.8 Å². The summed E-state index contributed by atoms with van der Waals surface area (Å²) in [5.41, 5.74) is -1.40. The lowest BCUT2D eigenvalue weighted by atomic mass is 9.51. The summed E-state index contributed by atoms with van der Waals surface area (Å²) in [6, 6.07) is 0. The molecule has 4 atom stereocenters. The molecular formula is C23H36O6. The summed E-state index contributed by atoms with van der Waals surface area (Å²) in [7, 11) is 0. The van der Waals surface area contributed by atoms with Crippen molar-refractivity contribution in [3.8, 4) is 0 Å². The smallest absolute Gasteiger partial charge is 0.317 e. The van der Waals surface area contributed by atoms with E-state index >= 15 is 0 Å². The fraction of sp³-hybridized carbons (Fsp3) is 0.783. The Hall–Kier alpha value is -1.85. The molecule has 0 heterocycles. The summed E-state index contributed by atoms with van der Waals surface area (Å²) < 4.78 is 12.0. The van der Waals surface area contributed by atoms with Gasteiger partial charge in [-0.15, -0.1) is 0 Å². The molecule has 3 rings (SSSR count). The monoisotopic (exact) mass is 408 g/mol. The molecule has 1 N–H and O–H groups in total. The van der Waals surface area contributed by atoms with Gasteiger partial charge in [0.1, 0.15) is 17.6 Å². The number of allylic oxidation sites excluding steroid dienone is 2. The second-order valence-electron chi connectivity index (χ2n) is 8.52. The van der Waals surface area contributed by atoms with Crippen LogP contribution in [0.4, 0.5) is 0 Å². The van der Waals surface area contributed by atoms with Crippen LogP contribution in [0.2, 0.25) is 0 Å². The van der Waals surface area contributed by atoms with Gasteiger partial charge in [0.2, 0.25) is 0 Å². The zero-order chi connectivity index (χ0) is 21.8. The third kappa shape index (κ3) is 4.51. The SMILES string of the molecule is CCC(CC)(OC(C)=O)C1C2C=CC(CC2)C1C(CC)(CC)OC(=O)CC(=O)O. The Morgan fingerprint density at radius 3 is 1.59 bits per heavy atom. The van der Waals surface area contributed by atoms with E-state index in [4.69, 9.17) is 14.6 Å². The molecule has 0 radical (unpaired) electrons. The second-order valence-corrected chi connectivity index (χ2v) is 8.52. The molecule has 4 unspecified atom stereocenters. The molecule has 6 heteroatoms. The maximum absolute atomic E-state index is 12.4. The van der Waals surface area contributed by atoms with Crippen molar-refractivity contribution in [3.05, 3.63) is 12.2 Å². The number of esters is 2. The quantitative estimate of drug-likeness (QED) is 0.325. The van der Waals surface area contributed by atoms with Gasteiger partial charge in [-0.3, -0.25) is 14.4 Å². The number of aliphatic carboxylic acids is 1. The van der Waals surface area contributed by atoms with Gasteiger partial charge >= 0.3 is 17.9 Å².